The summed E-state index contributed by atoms with van der Waals surface area (Å²) >= 11 is 12.6. The minimum Gasteiger partial charge on any atom is -0.481 e. The van der Waals surface area contributed by atoms with Crippen LogP contribution in [0.15, 0.2) is 53.4 Å². The second-order valence-corrected chi connectivity index (χ2v) is 8.04. The Labute approximate surface area is 171 Å². The van der Waals surface area contributed by atoms with Gasteiger partial charge < -0.3 is 5.11 Å². The molecule has 1 fully saturated rings. The largest absolute Gasteiger partial charge is 0.481 e. The van der Waals surface area contributed by atoms with Crippen molar-refractivity contribution < 1.29 is 14.7 Å². The van der Waals surface area contributed by atoms with E-state index in [9.17, 15) is 9.59 Å². The number of benzene rings is 2. The molecule has 0 unspecified atom stereocenters. The van der Waals surface area contributed by atoms with Gasteiger partial charge in [0.05, 0.1) is 4.91 Å². The molecule has 138 valence electrons. The molecule has 2 aromatic rings. The zero-order valence-electron chi connectivity index (χ0n) is 14.2. The molecule has 1 aliphatic rings. The van der Waals surface area contributed by atoms with E-state index in [4.69, 9.17) is 28.9 Å². The van der Waals surface area contributed by atoms with Gasteiger partial charge in [-0.05, 0) is 41.3 Å². The van der Waals surface area contributed by atoms with Gasteiger partial charge in [0.15, 0.2) is 0 Å². The first-order chi connectivity index (χ1) is 13.0. The molecule has 3 rings (SSSR count). The molecule has 0 bridgehead atoms. The molecule has 1 aliphatic heterocycles. The van der Waals surface area contributed by atoms with Gasteiger partial charge in [-0.2, -0.15) is 0 Å². The number of carboxylic acid groups (broad SMARTS) is 1. The maximum Gasteiger partial charge on any atom is 0.303 e. The second-order valence-electron chi connectivity index (χ2n) is 5.93. The number of carbonyl (C=O) groups excluding carboxylic acids is 1. The maximum absolute atomic E-state index is 12.7. The van der Waals surface area contributed by atoms with Crippen LogP contribution in [0.25, 0.3) is 17.2 Å². The first-order valence-electron chi connectivity index (χ1n) is 8.28. The number of rotatable bonds is 6. The van der Waals surface area contributed by atoms with Crippen LogP contribution < -0.4 is 0 Å². The van der Waals surface area contributed by atoms with Crippen molar-refractivity contribution in [2.75, 3.05) is 6.54 Å². The Morgan fingerprint density at radius 2 is 2.00 bits per heavy atom. The highest BCUT2D eigenvalue weighted by atomic mass is 35.5. The lowest BCUT2D eigenvalue weighted by Gasteiger charge is -2.13. The fourth-order valence-electron chi connectivity index (χ4n) is 2.76. The Morgan fingerprint density at radius 3 is 2.74 bits per heavy atom. The van der Waals surface area contributed by atoms with Crippen LogP contribution in [0.1, 0.15) is 18.4 Å². The highest BCUT2D eigenvalue weighted by Gasteiger charge is 2.31. The molecule has 0 atom stereocenters. The summed E-state index contributed by atoms with van der Waals surface area (Å²) in [7, 11) is 0. The van der Waals surface area contributed by atoms with E-state index in [2.05, 4.69) is 0 Å². The van der Waals surface area contributed by atoms with Crippen LogP contribution in [0.3, 0.4) is 0 Å². The van der Waals surface area contributed by atoms with Crippen LogP contribution in [0, 0.1) is 0 Å². The van der Waals surface area contributed by atoms with Gasteiger partial charge in [0, 0.05) is 18.0 Å². The number of carbonyl (C=O) groups is 2. The number of thiocarbonyl (C=S) groups is 1. The lowest BCUT2D eigenvalue weighted by atomic mass is 9.99. The molecule has 0 aromatic heterocycles. The predicted octanol–water partition coefficient (Wildman–Crippen LogP) is 5.07. The van der Waals surface area contributed by atoms with E-state index in [1.165, 1.54) is 16.7 Å². The Hall–Kier alpha value is -2.15. The summed E-state index contributed by atoms with van der Waals surface area (Å²) in [5.74, 6) is -1.07. The molecule has 1 saturated heterocycles. The van der Waals surface area contributed by atoms with Crippen LogP contribution in [0.2, 0.25) is 5.02 Å². The number of halogens is 1. The van der Waals surface area contributed by atoms with E-state index in [-0.39, 0.29) is 12.3 Å². The van der Waals surface area contributed by atoms with Crippen LogP contribution in [-0.2, 0) is 9.59 Å². The quantitative estimate of drug-likeness (QED) is 0.525. The van der Waals surface area contributed by atoms with Gasteiger partial charge in [0.25, 0.3) is 5.91 Å². The van der Waals surface area contributed by atoms with Gasteiger partial charge in [-0.25, -0.2) is 0 Å². The van der Waals surface area contributed by atoms with Gasteiger partial charge in [-0.15, -0.1) is 0 Å². The van der Waals surface area contributed by atoms with Crippen molar-refractivity contribution in [3.8, 4) is 11.1 Å². The number of thioether (sulfide) groups is 1. The maximum atomic E-state index is 12.7. The fraction of sp³-hybridized carbons (Fsp3) is 0.150. The third-order valence-electron chi connectivity index (χ3n) is 4.03. The molecule has 27 heavy (non-hydrogen) atoms. The molecule has 7 heteroatoms. The summed E-state index contributed by atoms with van der Waals surface area (Å²) < 4.78 is 0.455. The summed E-state index contributed by atoms with van der Waals surface area (Å²) in [6, 6.07) is 15.3. The summed E-state index contributed by atoms with van der Waals surface area (Å²) in [4.78, 5) is 25.4. The van der Waals surface area contributed by atoms with Crippen molar-refractivity contribution in [2.45, 2.75) is 12.8 Å². The third kappa shape index (κ3) is 4.77. The zero-order valence-corrected chi connectivity index (χ0v) is 16.6. The monoisotopic (exact) mass is 417 g/mol. The Bertz CT molecular complexity index is 942. The van der Waals surface area contributed by atoms with Gasteiger partial charge >= 0.3 is 5.97 Å². The summed E-state index contributed by atoms with van der Waals surface area (Å²) in [5.41, 5.74) is 2.83. The number of hydrogen-bond acceptors (Lipinski definition) is 4. The van der Waals surface area contributed by atoms with E-state index < -0.39 is 5.97 Å². The molecule has 2 aromatic carbocycles. The smallest absolute Gasteiger partial charge is 0.303 e. The normalized spacial score (nSPS) is 15.6. The number of hydrogen-bond donors (Lipinski definition) is 1. The van der Waals surface area contributed by atoms with Crippen LogP contribution in [-0.4, -0.2) is 32.7 Å². The summed E-state index contributed by atoms with van der Waals surface area (Å²) in [6.07, 6.45) is 2.20. The van der Waals surface area contributed by atoms with E-state index >= 15 is 0 Å². The van der Waals surface area contributed by atoms with Crippen molar-refractivity contribution in [1.29, 1.82) is 0 Å². The SMILES string of the molecule is O=C(O)CCCN1C(=O)C(=Cc2ccccc2-c2cccc(Cl)c2)SC1=S. The van der Waals surface area contributed by atoms with Crippen molar-refractivity contribution in [3.05, 3.63) is 64.0 Å². The molecule has 4 nitrogen and oxygen atoms in total. The number of nitrogens with zero attached hydrogens (tertiary/aromatic N) is 1. The van der Waals surface area contributed by atoms with Gasteiger partial charge in [-0.1, -0.05) is 72.0 Å². The molecule has 1 N–H and O–H groups in total. The highest BCUT2D eigenvalue weighted by molar-refractivity contribution is 8.26. The minimum atomic E-state index is -0.883. The number of carboxylic acids is 1. The van der Waals surface area contributed by atoms with Crippen LogP contribution in [0.5, 0.6) is 0 Å². The van der Waals surface area contributed by atoms with E-state index in [1.54, 1.807) is 0 Å². The molecule has 1 heterocycles. The molecule has 0 spiro atoms. The molecular weight excluding hydrogens is 402 g/mol. The zero-order chi connectivity index (χ0) is 19.4. The number of amides is 1. The minimum absolute atomic E-state index is 0.00765. The van der Waals surface area contributed by atoms with Crippen molar-refractivity contribution in [1.82, 2.24) is 4.90 Å². The van der Waals surface area contributed by atoms with Crippen molar-refractivity contribution in [2.24, 2.45) is 0 Å². The summed E-state index contributed by atoms with van der Waals surface area (Å²) in [5, 5.41) is 9.41. The lowest BCUT2D eigenvalue weighted by Crippen LogP contribution is -2.29. The third-order valence-corrected chi connectivity index (χ3v) is 5.64. The molecule has 1 amide bonds. The molecule has 0 aliphatic carbocycles. The van der Waals surface area contributed by atoms with E-state index in [1.807, 2.05) is 54.6 Å². The standard InChI is InChI=1S/C20H16ClNO3S2/c21-15-7-3-6-13(11-15)16-8-2-1-5-14(16)12-17-19(25)22(20(26)27-17)10-4-9-18(23)24/h1-3,5-8,11-12H,4,9-10H2,(H,23,24). The first-order valence-corrected chi connectivity index (χ1v) is 9.88. The number of aliphatic carboxylic acids is 1. The second kappa shape index (κ2) is 8.69. The summed E-state index contributed by atoms with van der Waals surface area (Å²) in [6.45, 7) is 0.310. The first kappa shape index (κ1) is 19.6. The molecule has 0 saturated carbocycles. The lowest BCUT2D eigenvalue weighted by molar-refractivity contribution is -0.137. The highest BCUT2D eigenvalue weighted by Crippen LogP contribution is 2.35. The van der Waals surface area contributed by atoms with Crippen molar-refractivity contribution in [3.63, 3.8) is 0 Å². The van der Waals surface area contributed by atoms with Crippen LogP contribution >= 0.6 is 35.6 Å². The Morgan fingerprint density at radius 1 is 1.22 bits per heavy atom. The van der Waals surface area contributed by atoms with Crippen LogP contribution in [0.4, 0.5) is 0 Å². The van der Waals surface area contributed by atoms with Crippen molar-refractivity contribution >= 4 is 57.9 Å². The van der Waals surface area contributed by atoms with Gasteiger partial charge in [-0.3, -0.25) is 14.5 Å². The Balaban J connectivity index is 1.86. The topological polar surface area (TPSA) is 57.6 Å². The van der Waals surface area contributed by atoms with E-state index in [0.717, 1.165) is 16.7 Å². The van der Waals surface area contributed by atoms with Gasteiger partial charge in [0.2, 0.25) is 0 Å². The fourth-order valence-corrected chi connectivity index (χ4v) is 4.25. The Kier molecular flexibility index (Phi) is 6.31. The average molecular weight is 418 g/mol. The molecular formula is C20H16ClNO3S2. The predicted molar refractivity (Wildman–Crippen MR) is 114 cm³/mol. The molecule has 0 radical (unpaired) electrons. The van der Waals surface area contributed by atoms with Gasteiger partial charge in [0.1, 0.15) is 4.32 Å². The van der Waals surface area contributed by atoms with E-state index in [0.29, 0.717) is 27.2 Å². The average Bonchev–Trinajstić information content (AvgIpc) is 2.89.